The number of amides is 7. The molecule has 0 aliphatic heterocycles. The first-order valence-electron chi connectivity index (χ1n) is 29.8. The molecule has 74 heavy (non-hydrogen) atoms. The highest BCUT2D eigenvalue weighted by atomic mass is 16.2. The Morgan fingerprint density at radius 1 is 0.311 bits per heavy atom. The van der Waals surface area contributed by atoms with E-state index in [2.05, 4.69) is 38.8 Å². The Morgan fingerprint density at radius 3 is 0.905 bits per heavy atom. The number of hydrogen-bond donors (Lipinski definition) is 11. The quantitative estimate of drug-likeness (QED) is 0.0299. The SMILES string of the molecule is CCCCCCCC(=O)N[C@@H](CCCCN)C(=O)NCCCCCCCCCCCC(=O)N[C@@H](CCCCN)C(=O)N[C@@H](CCCCN)C(=O)NCCCCCCCCCCCC(=O)N[C@@H](CCCCN)C(N)=O. The lowest BCUT2D eigenvalue weighted by atomic mass is 10.0. The summed E-state index contributed by atoms with van der Waals surface area (Å²) in [6.45, 7) is 5.38. The Morgan fingerprint density at radius 2 is 0.581 bits per heavy atom. The first-order chi connectivity index (χ1) is 35.9. The van der Waals surface area contributed by atoms with Crippen molar-refractivity contribution in [3.8, 4) is 0 Å². The standard InChI is InChI=1S/C56H111N11O7/c1-2-3-4-15-20-38-51(69)65-47(34-24-28-41-58)54(72)62-44-31-18-13-9-6-8-12-17-22-39-52(70)66-49(36-26-30-43-60)56(74)67-48(35-25-29-42-59)55(73)63-45-32-19-14-10-5-7-11-16-21-37-50(68)64-46(53(61)71)33-23-27-40-57/h46-49H,2-45,57-60H2,1H3,(H2,61,71)(H,62,72)(H,63,73)(H,64,68)(H,65,69)(H,66,70)(H,67,74)/t46-,47-,48-,49-/m0/s1. The van der Waals surface area contributed by atoms with Crippen LogP contribution in [-0.4, -0.2) is 105 Å². The van der Waals surface area contributed by atoms with Gasteiger partial charge < -0.3 is 60.6 Å². The topological polar surface area (TPSA) is 322 Å². The van der Waals surface area contributed by atoms with Gasteiger partial charge in [0.05, 0.1) is 0 Å². The number of carbonyl (C=O) groups is 7. The number of unbranched alkanes of at least 4 members (excludes halogenated alkanes) is 24. The third-order valence-electron chi connectivity index (χ3n) is 13.7. The molecule has 0 saturated carbocycles. The van der Waals surface area contributed by atoms with Crippen LogP contribution in [0, 0.1) is 0 Å². The summed E-state index contributed by atoms with van der Waals surface area (Å²) in [4.78, 5) is 89.4. The molecule has 0 aliphatic rings. The second kappa shape index (κ2) is 51.2. The second-order valence-corrected chi connectivity index (χ2v) is 20.6. The predicted molar refractivity (Wildman–Crippen MR) is 300 cm³/mol. The fourth-order valence-corrected chi connectivity index (χ4v) is 8.99. The molecule has 0 radical (unpaired) electrons. The molecule has 16 N–H and O–H groups in total. The van der Waals surface area contributed by atoms with Gasteiger partial charge in [-0.15, -0.1) is 0 Å². The summed E-state index contributed by atoms with van der Waals surface area (Å²) in [5, 5.41) is 17.7. The van der Waals surface area contributed by atoms with E-state index < -0.39 is 30.1 Å². The maximum atomic E-state index is 13.6. The Bertz CT molecular complexity index is 1440. The molecule has 0 fully saturated rings. The number of hydrogen-bond acceptors (Lipinski definition) is 11. The molecule has 18 heteroatoms. The van der Waals surface area contributed by atoms with Crippen molar-refractivity contribution in [1.82, 2.24) is 31.9 Å². The molecule has 0 aromatic heterocycles. The van der Waals surface area contributed by atoms with E-state index >= 15 is 0 Å². The Kier molecular flexibility index (Phi) is 48.6. The van der Waals surface area contributed by atoms with Gasteiger partial charge in [-0.25, -0.2) is 0 Å². The van der Waals surface area contributed by atoms with Gasteiger partial charge in [0.2, 0.25) is 41.4 Å². The van der Waals surface area contributed by atoms with Gasteiger partial charge in [0.25, 0.3) is 0 Å². The summed E-state index contributed by atoms with van der Waals surface area (Å²) in [5.74, 6) is -1.54. The van der Waals surface area contributed by atoms with Crippen LogP contribution < -0.4 is 60.6 Å². The largest absolute Gasteiger partial charge is 0.368 e. The van der Waals surface area contributed by atoms with E-state index in [9.17, 15) is 33.6 Å². The smallest absolute Gasteiger partial charge is 0.243 e. The van der Waals surface area contributed by atoms with Crippen molar-refractivity contribution in [2.75, 3.05) is 39.3 Å². The number of nitrogens with one attached hydrogen (secondary N) is 6. The average molecular weight is 1050 g/mol. The predicted octanol–water partition coefficient (Wildman–Crippen LogP) is 6.32. The molecule has 0 aromatic carbocycles. The highest BCUT2D eigenvalue weighted by molar-refractivity contribution is 5.92. The Balaban J connectivity index is 4.52. The molecule has 0 heterocycles. The van der Waals surface area contributed by atoms with Gasteiger partial charge in [-0.05, 0) is 135 Å². The average Bonchev–Trinajstić information content (AvgIpc) is 3.37. The summed E-state index contributed by atoms with van der Waals surface area (Å²) >= 11 is 0. The third-order valence-corrected chi connectivity index (χ3v) is 13.7. The van der Waals surface area contributed by atoms with Crippen LogP contribution in [0.4, 0.5) is 0 Å². The molecular formula is C56H111N11O7. The van der Waals surface area contributed by atoms with E-state index in [1.54, 1.807) is 0 Å². The Labute approximate surface area is 448 Å². The second-order valence-electron chi connectivity index (χ2n) is 20.6. The van der Waals surface area contributed by atoms with Gasteiger partial charge >= 0.3 is 0 Å². The summed E-state index contributed by atoms with van der Waals surface area (Å²) in [5.41, 5.74) is 28.1. The van der Waals surface area contributed by atoms with Crippen molar-refractivity contribution in [3.63, 3.8) is 0 Å². The summed E-state index contributed by atoms with van der Waals surface area (Å²) in [7, 11) is 0. The monoisotopic (exact) mass is 1050 g/mol. The number of nitrogens with two attached hydrogens (primary N) is 5. The fourth-order valence-electron chi connectivity index (χ4n) is 8.99. The molecule has 0 unspecified atom stereocenters. The minimum Gasteiger partial charge on any atom is -0.368 e. The maximum absolute atomic E-state index is 13.6. The van der Waals surface area contributed by atoms with E-state index in [-0.39, 0.29) is 35.4 Å². The van der Waals surface area contributed by atoms with E-state index in [4.69, 9.17) is 28.7 Å². The van der Waals surface area contributed by atoms with E-state index in [0.29, 0.717) is 97.1 Å². The minimum atomic E-state index is -0.747. The van der Waals surface area contributed by atoms with Gasteiger partial charge in [-0.3, -0.25) is 33.6 Å². The number of primary amides is 1. The molecule has 432 valence electrons. The lowest BCUT2D eigenvalue weighted by Crippen LogP contribution is -2.53. The van der Waals surface area contributed by atoms with Crippen LogP contribution in [0.2, 0.25) is 0 Å². The molecule has 0 spiro atoms. The zero-order valence-corrected chi connectivity index (χ0v) is 46.7. The molecule has 4 atom stereocenters. The highest BCUT2D eigenvalue weighted by Gasteiger charge is 2.27. The van der Waals surface area contributed by atoms with Gasteiger partial charge in [-0.2, -0.15) is 0 Å². The van der Waals surface area contributed by atoms with Gasteiger partial charge in [0.15, 0.2) is 0 Å². The zero-order chi connectivity index (χ0) is 54.7. The lowest BCUT2D eigenvalue weighted by Gasteiger charge is -2.23. The van der Waals surface area contributed by atoms with Gasteiger partial charge in [-0.1, -0.05) is 122 Å². The maximum Gasteiger partial charge on any atom is 0.243 e. The summed E-state index contributed by atoms with van der Waals surface area (Å²) < 4.78 is 0. The van der Waals surface area contributed by atoms with Crippen LogP contribution in [0.25, 0.3) is 0 Å². The van der Waals surface area contributed by atoms with Crippen molar-refractivity contribution in [2.24, 2.45) is 28.7 Å². The molecule has 0 rings (SSSR count). The van der Waals surface area contributed by atoms with Crippen LogP contribution in [-0.2, 0) is 33.6 Å². The molecular weight excluding hydrogens is 939 g/mol. The van der Waals surface area contributed by atoms with E-state index in [1.807, 2.05) is 0 Å². The molecule has 0 bridgehead atoms. The van der Waals surface area contributed by atoms with Crippen molar-refractivity contribution in [2.45, 2.75) is 275 Å². The third kappa shape index (κ3) is 42.4. The van der Waals surface area contributed by atoms with E-state index in [1.165, 1.54) is 6.42 Å². The first kappa shape index (κ1) is 70.1. The zero-order valence-electron chi connectivity index (χ0n) is 46.7. The normalized spacial score (nSPS) is 12.8. The first-order valence-corrected chi connectivity index (χ1v) is 29.8. The molecule has 0 aromatic rings. The van der Waals surface area contributed by atoms with Crippen molar-refractivity contribution in [1.29, 1.82) is 0 Å². The van der Waals surface area contributed by atoms with Crippen molar-refractivity contribution in [3.05, 3.63) is 0 Å². The molecule has 7 amide bonds. The van der Waals surface area contributed by atoms with Gasteiger partial charge in [0.1, 0.15) is 24.2 Å². The van der Waals surface area contributed by atoms with Crippen LogP contribution in [0.15, 0.2) is 0 Å². The van der Waals surface area contributed by atoms with Crippen LogP contribution in [0.1, 0.15) is 251 Å². The van der Waals surface area contributed by atoms with Crippen LogP contribution in [0.3, 0.4) is 0 Å². The van der Waals surface area contributed by atoms with Crippen LogP contribution in [0.5, 0.6) is 0 Å². The minimum absolute atomic E-state index is 0.0504. The van der Waals surface area contributed by atoms with Crippen molar-refractivity contribution >= 4 is 41.4 Å². The van der Waals surface area contributed by atoms with Crippen LogP contribution >= 0.6 is 0 Å². The van der Waals surface area contributed by atoms with Gasteiger partial charge in [0, 0.05) is 32.4 Å². The summed E-state index contributed by atoms with van der Waals surface area (Å²) in [6, 6.07) is -2.61. The molecule has 0 saturated heterocycles. The number of carbonyl (C=O) groups excluding carboxylic acids is 7. The fraction of sp³-hybridized carbons (Fsp3) is 0.875. The lowest BCUT2D eigenvalue weighted by molar-refractivity contribution is -0.132. The molecule has 0 aliphatic carbocycles. The van der Waals surface area contributed by atoms with Crippen molar-refractivity contribution < 1.29 is 33.6 Å². The van der Waals surface area contributed by atoms with E-state index in [0.717, 1.165) is 180 Å². The number of rotatable bonds is 54. The highest BCUT2D eigenvalue weighted by Crippen LogP contribution is 2.14. The molecule has 18 nitrogen and oxygen atoms in total. The summed E-state index contributed by atoms with van der Waals surface area (Å²) in [6.07, 6.45) is 32.5. The Hall–Kier alpha value is -3.87.